The monoisotopic (exact) mass is 568 g/mol. The standard InChI is InChI=1S/C25H26Cl2N2O7S/c26-18-2-1-3-19(27)17(18)13-36-16-6-4-15(5-7-16)12-20(25(34)35)28-24(33)21-14-37-11-10-29(21)22(30)8-9-23(31)32/h1-7,20-21H,8-14H2,(H,28,33)(H,31,32)(H,34,35). The number of nitrogens with one attached hydrogen (secondary N) is 1. The van der Waals surface area contributed by atoms with Crippen LogP contribution in [-0.2, 0) is 32.2 Å². The van der Waals surface area contributed by atoms with Gasteiger partial charge in [-0.15, -0.1) is 0 Å². The molecular weight excluding hydrogens is 543 g/mol. The van der Waals surface area contributed by atoms with Crippen molar-refractivity contribution in [3.8, 4) is 5.75 Å². The molecule has 12 heteroatoms. The fourth-order valence-electron chi connectivity index (χ4n) is 3.73. The molecule has 1 saturated heterocycles. The Labute approximate surface area is 228 Å². The third-order valence-electron chi connectivity index (χ3n) is 5.73. The molecule has 0 spiro atoms. The lowest BCUT2D eigenvalue weighted by molar-refractivity contribution is -0.145. The van der Waals surface area contributed by atoms with Crippen molar-refractivity contribution >= 4 is 58.7 Å². The van der Waals surface area contributed by atoms with Crippen molar-refractivity contribution in [3.05, 3.63) is 63.6 Å². The van der Waals surface area contributed by atoms with E-state index >= 15 is 0 Å². The van der Waals surface area contributed by atoms with Gasteiger partial charge < -0.3 is 25.2 Å². The molecule has 1 aliphatic rings. The largest absolute Gasteiger partial charge is 0.489 e. The number of thioether (sulfide) groups is 1. The summed E-state index contributed by atoms with van der Waals surface area (Å²) in [5.41, 5.74) is 1.31. The molecule has 0 aliphatic carbocycles. The van der Waals surface area contributed by atoms with E-state index in [1.54, 1.807) is 42.5 Å². The van der Waals surface area contributed by atoms with E-state index in [1.165, 1.54) is 16.7 Å². The van der Waals surface area contributed by atoms with Crippen LogP contribution in [0.1, 0.15) is 24.0 Å². The molecule has 1 heterocycles. The number of carbonyl (C=O) groups is 4. The average molecular weight is 569 g/mol. The van der Waals surface area contributed by atoms with Gasteiger partial charge in [0.05, 0.1) is 6.42 Å². The zero-order valence-corrected chi connectivity index (χ0v) is 22.0. The maximum Gasteiger partial charge on any atom is 0.326 e. The van der Waals surface area contributed by atoms with Crippen LogP contribution in [0.25, 0.3) is 0 Å². The van der Waals surface area contributed by atoms with Gasteiger partial charge in [0, 0.05) is 46.5 Å². The van der Waals surface area contributed by atoms with Crippen LogP contribution in [0, 0.1) is 0 Å². The van der Waals surface area contributed by atoms with Crippen molar-refractivity contribution in [2.45, 2.75) is 38.0 Å². The van der Waals surface area contributed by atoms with Crippen LogP contribution in [0.2, 0.25) is 10.0 Å². The number of hydrogen-bond acceptors (Lipinski definition) is 6. The van der Waals surface area contributed by atoms with Gasteiger partial charge >= 0.3 is 11.9 Å². The number of carbonyl (C=O) groups excluding carboxylic acids is 2. The van der Waals surface area contributed by atoms with E-state index in [9.17, 15) is 24.3 Å². The maximum atomic E-state index is 12.9. The molecule has 9 nitrogen and oxygen atoms in total. The summed E-state index contributed by atoms with van der Waals surface area (Å²) in [5, 5.41) is 22.1. The summed E-state index contributed by atoms with van der Waals surface area (Å²) in [6, 6.07) is 9.84. The summed E-state index contributed by atoms with van der Waals surface area (Å²) in [5.74, 6) is -1.89. The van der Waals surface area contributed by atoms with E-state index in [2.05, 4.69) is 5.32 Å². The van der Waals surface area contributed by atoms with Crippen molar-refractivity contribution in [1.82, 2.24) is 10.2 Å². The highest BCUT2D eigenvalue weighted by molar-refractivity contribution is 7.99. The van der Waals surface area contributed by atoms with E-state index in [1.807, 2.05) is 0 Å². The lowest BCUT2D eigenvalue weighted by Gasteiger charge is -2.35. The lowest BCUT2D eigenvalue weighted by Crippen LogP contribution is -2.57. The molecule has 1 aliphatic heterocycles. The highest BCUT2D eigenvalue weighted by Gasteiger charge is 2.34. The number of halogens is 2. The highest BCUT2D eigenvalue weighted by Crippen LogP contribution is 2.26. The van der Waals surface area contributed by atoms with Crippen LogP contribution < -0.4 is 10.1 Å². The summed E-state index contributed by atoms with van der Waals surface area (Å²) in [6.07, 6.45) is -0.534. The molecule has 2 atom stereocenters. The third kappa shape index (κ3) is 8.28. The first-order valence-corrected chi connectivity index (χ1v) is 13.3. The molecular formula is C25H26Cl2N2O7S. The molecule has 0 bridgehead atoms. The Balaban J connectivity index is 1.60. The minimum Gasteiger partial charge on any atom is -0.489 e. The number of hydrogen-bond donors (Lipinski definition) is 3. The Bertz CT molecular complexity index is 1130. The summed E-state index contributed by atoms with van der Waals surface area (Å²) < 4.78 is 5.74. The molecule has 2 aromatic carbocycles. The van der Waals surface area contributed by atoms with E-state index in [-0.39, 0.29) is 25.9 Å². The summed E-state index contributed by atoms with van der Waals surface area (Å²) in [6.45, 7) is 0.451. The zero-order valence-electron chi connectivity index (χ0n) is 19.7. The van der Waals surface area contributed by atoms with Crippen molar-refractivity contribution in [3.63, 3.8) is 0 Å². The number of carboxylic acid groups (broad SMARTS) is 2. The molecule has 1 fully saturated rings. The van der Waals surface area contributed by atoms with Gasteiger partial charge in [0.2, 0.25) is 11.8 Å². The van der Waals surface area contributed by atoms with Crippen molar-refractivity contribution in [2.24, 2.45) is 0 Å². The summed E-state index contributed by atoms with van der Waals surface area (Å²) in [7, 11) is 0. The topological polar surface area (TPSA) is 133 Å². The molecule has 2 unspecified atom stereocenters. The lowest BCUT2D eigenvalue weighted by atomic mass is 10.1. The Kier molecular flexibility index (Phi) is 10.5. The van der Waals surface area contributed by atoms with Crippen LogP contribution in [0.5, 0.6) is 5.75 Å². The van der Waals surface area contributed by atoms with Crippen LogP contribution in [0.4, 0.5) is 0 Å². The van der Waals surface area contributed by atoms with E-state index < -0.39 is 35.8 Å². The number of aliphatic carboxylic acids is 2. The fourth-order valence-corrected chi connectivity index (χ4v) is 5.28. The Hall–Kier alpha value is -2.95. The van der Waals surface area contributed by atoms with Gasteiger partial charge in [-0.25, -0.2) is 4.79 Å². The van der Waals surface area contributed by atoms with Crippen LogP contribution in [0.3, 0.4) is 0 Å². The second-order valence-electron chi connectivity index (χ2n) is 8.31. The quantitative estimate of drug-likeness (QED) is 0.375. The molecule has 2 aromatic rings. The van der Waals surface area contributed by atoms with Gasteiger partial charge in [-0.05, 0) is 29.8 Å². The number of ether oxygens (including phenoxy) is 1. The number of rotatable bonds is 11. The second kappa shape index (κ2) is 13.6. The smallest absolute Gasteiger partial charge is 0.326 e. The molecule has 37 heavy (non-hydrogen) atoms. The first kappa shape index (κ1) is 28.6. The SMILES string of the molecule is O=C(O)CCC(=O)N1CCSCC1C(=O)NC(Cc1ccc(OCc2c(Cl)cccc2Cl)cc1)C(=O)O. The predicted octanol–water partition coefficient (Wildman–Crippen LogP) is 3.49. The van der Waals surface area contributed by atoms with Gasteiger partial charge in [0.25, 0.3) is 0 Å². The van der Waals surface area contributed by atoms with Gasteiger partial charge in [-0.1, -0.05) is 41.4 Å². The average Bonchev–Trinajstić information content (AvgIpc) is 2.87. The zero-order chi connectivity index (χ0) is 26.9. The third-order valence-corrected chi connectivity index (χ3v) is 7.46. The Morgan fingerprint density at radius 2 is 1.73 bits per heavy atom. The van der Waals surface area contributed by atoms with E-state index in [0.29, 0.717) is 45.0 Å². The Morgan fingerprint density at radius 3 is 2.35 bits per heavy atom. The number of benzene rings is 2. The van der Waals surface area contributed by atoms with Crippen LogP contribution in [-0.4, -0.2) is 69.0 Å². The highest BCUT2D eigenvalue weighted by atomic mass is 35.5. The van der Waals surface area contributed by atoms with E-state index in [0.717, 1.165) is 0 Å². The number of nitrogens with zero attached hydrogens (tertiary/aromatic N) is 1. The normalized spacial score (nSPS) is 16.1. The van der Waals surface area contributed by atoms with Crippen molar-refractivity contribution < 1.29 is 34.1 Å². The first-order chi connectivity index (χ1) is 17.7. The van der Waals surface area contributed by atoms with Crippen LogP contribution in [0.15, 0.2) is 42.5 Å². The van der Waals surface area contributed by atoms with Gasteiger partial charge in [-0.2, -0.15) is 11.8 Å². The summed E-state index contributed by atoms with van der Waals surface area (Å²) >= 11 is 13.8. The van der Waals surface area contributed by atoms with Gasteiger partial charge in [-0.3, -0.25) is 14.4 Å². The molecule has 3 rings (SSSR count). The first-order valence-electron chi connectivity index (χ1n) is 11.4. The number of amides is 2. The second-order valence-corrected chi connectivity index (χ2v) is 10.3. The van der Waals surface area contributed by atoms with Gasteiger partial charge in [0.15, 0.2) is 0 Å². The van der Waals surface area contributed by atoms with Gasteiger partial charge in [0.1, 0.15) is 24.4 Å². The maximum absolute atomic E-state index is 12.9. The minimum atomic E-state index is -1.22. The molecule has 2 amide bonds. The van der Waals surface area contributed by atoms with Crippen LogP contribution >= 0.6 is 35.0 Å². The summed E-state index contributed by atoms with van der Waals surface area (Å²) in [4.78, 5) is 49.5. The number of carboxylic acids is 2. The van der Waals surface area contributed by atoms with Crippen molar-refractivity contribution in [2.75, 3.05) is 18.1 Å². The molecule has 0 aromatic heterocycles. The predicted molar refractivity (Wildman–Crippen MR) is 140 cm³/mol. The fraction of sp³-hybridized carbons (Fsp3) is 0.360. The van der Waals surface area contributed by atoms with E-state index in [4.69, 9.17) is 33.0 Å². The molecule has 0 radical (unpaired) electrons. The van der Waals surface area contributed by atoms with Crippen molar-refractivity contribution in [1.29, 1.82) is 0 Å². The Morgan fingerprint density at radius 1 is 1.05 bits per heavy atom. The minimum absolute atomic E-state index is 0.0184. The molecule has 0 saturated carbocycles. The molecule has 3 N–H and O–H groups in total. The molecule has 198 valence electrons.